The molecule has 24 heavy (non-hydrogen) atoms. The van der Waals surface area contributed by atoms with Crippen LogP contribution in [0.3, 0.4) is 0 Å². The number of carboxylic acid groups (broad SMARTS) is 1. The largest absolute Gasteiger partial charge is 0.480 e. The molecule has 0 saturated carbocycles. The number of carboxylic acids is 1. The number of alkyl carbamates (subject to hydrolysis) is 1. The van der Waals surface area contributed by atoms with Crippen LogP contribution in [-0.4, -0.2) is 42.3 Å². The number of hydrogen-bond acceptors (Lipinski definition) is 4. The van der Waals surface area contributed by atoms with Crippen LogP contribution in [-0.2, 0) is 20.7 Å². The first-order chi connectivity index (χ1) is 11.3. The van der Waals surface area contributed by atoms with Crippen LogP contribution >= 0.6 is 0 Å². The molecule has 1 rings (SSSR count). The molecule has 3 N–H and O–H groups in total. The molecule has 0 heterocycles. The van der Waals surface area contributed by atoms with E-state index in [9.17, 15) is 19.5 Å². The molecule has 0 saturated heterocycles. The number of methoxy groups -OCH3 is 1. The fourth-order valence-corrected chi connectivity index (χ4v) is 2.23. The minimum absolute atomic E-state index is 0.104. The quantitative estimate of drug-likeness (QED) is 0.668. The fraction of sp³-hybridized carbons (Fsp3) is 0.471. The zero-order chi connectivity index (χ0) is 18.1. The molecular weight excluding hydrogens is 312 g/mol. The lowest BCUT2D eigenvalue weighted by molar-refractivity contribution is -0.142. The average Bonchev–Trinajstić information content (AvgIpc) is 2.53. The van der Waals surface area contributed by atoms with Crippen molar-refractivity contribution in [1.82, 2.24) is 10.6 Å². The molecular formula is C17H24N2O5. The van der Waals surface area contributed by atoms with Crippen molar-refractivity contribution in [2.24, 2.45) is 5.92 Å². The van der Waals surface area contributed by atoms with Gasteiger partial charge in [-0.05, 0) is 17.9 Å². The summed E-state index contributed by atoms with van der Waals surface area (Å²) in [5.74, 6) is -1.56. The normalized spacial score (nSPS) is 13.0. The van der Waals surface area contributed by atoms with E-state index in [0.29, 0.717) is 6.42 Å². The van der Waals surface area contributed by atoms with Gasteiger partial charge in [-0.3, -0.25) is 4.79 Å². The molecule has 0 aliphatic rings. The highest BCUT2D eigenvalue weighted by Crippen LogP contribution is 2.08. The average molecular weight is 336 g/mol. The summed E-state index contributed by atoms with van der Waals surface area (Å²) in [7, 11) is 1.20. The lowest BCUT2D eigenvalue weighted by Gasteiger charge is -2.22. The second-order valence-electron chi connectivity index (χ2n) is 5.91. The van der Waals surface area contributed by atoms with E-state index in [1.807, 2.05) is 44.2 Å². The van der Waals surface area contributed by atoms with Crippen LogP contribution in [0.1, 0.15) is 25.8 Å². The third kappa shape index (κ3) is 6.68. The van der Waals surface area contributed by atoms with Gasteiger partial charge in [0.1, 0.15) is 12.1 Å². The number of amides is 2. The third-order valence-corrected chi connectivity index (χ3v) is 3.40. The maximum Gasteiger partial charge on any atom is 0.407 e. The lowest BCUT2D eigenvalue weighted by atomic mass is 10.0. The van der Waals surface area contributed by atoms with E-state index in [1.54, 1.807) is 0 Å². The summed E-state index contributed by atoms with van der Waals surface area (Å²) in [6.07, 6.45) is -0.213. The van der Waals surface area contributed by atoms with Gasteiger partial charge in [0, 0.05) is 6.42 Å². The molecule has 0 aromatic heterocycles. The van der Waals surface area contributed by atoms with Gasteiger partial charge in [0.25, 0.3) is 0 Å². The summed E-state index contributed by atoms with van der Waals surface area (Å²) in [6, 6.07) is 7.20. The molecule has 0 spiro atoms. The van der Waals surface area contributed by atoms with E-state index in [2.05, 4.69) is 15.4 Å². The molecule has 1 aromatic carbocycles. The number of benzene rings is 1. The Labute approximate surface area is 141 Å². The van der Waals surface area contributed by atoms with E-state index in [-0.39, 0.29) is 12.3 Å². The minimum Gasteiger partial charge on any atom is -0.480 e. The first kappa shape index (κ1) is 19.5. The molecule has 7 nitrogen and oxygen atoms in total. The topological polar surface area (TPSA) is 105 Å². The van der Waals surface area contributed by atoms with Crippen molar-refractivity contribution >= 4 is 18.0 Å². The van der Waals surface area contributed by atoms with Gasteiger partial charge in [-0.15, -0.1) is 0 Å². The Hall–Kier alpha value is -2.57. The number of nitrogens with one attached hydrogen (secondary N) is 2. The summed E-state index contributed by atoms with van der Waals surface area (Å²) in [5, 5.41) is 14.2. The Morgan fingerprint density at radius 3 is 2.21 bits per heavy atom. The van der Waals surface area contributed by atoms with Crippen LogP contribution in [0.25, 0.3) is 0 Å². The minimum atomic E-state index is -1.10. The molecule has 0 aliphatic heterocycles. The van der Waals surface area contributed by atoms with E-state index in [4.69, 9.17) is 0 Å². The van der Waals surface area contributed by atoms with Gasteiger partial charge in [0.05, 0.1) is 7.11 Å². The molecule has 2 atom stereocenters. The van der Waals surface area contributed by atoms with E-state index >= 15 is 0 Å². The molecule has 2 amide bonds. The maximum absolute atomic E-state index is 12.5. The van der Waals surface area contributed by atoms with Gasteiger partial charge in [0.2, 0.25) is 5.91 Å². The maximum atomic E-state index is 12.5. The van der Waals surface area contributed by atoms with Gasteiger partial charge in [-0.25, -0.2) is 9.59 Å². The van der Waals surface area contributed by atoms with Gasteiger partial charge in [-0.1, -0.05) is 44.2 Å². The zero-order valence-corrected chi connectivity index (χ0v) is 14.1. The van der Waals surface area contributed by atoms with E-state index < -0.39 is 30.1 Å². The fourth-order valence-electron chi connectivity index (χ4n) is 2.23. The number of carbonyl (C=O) groups excluding carboxylic acids is 2. The van der Waals surface area contributed by atoms with E-state index in [1.165, 1.54) is 7.11 Å². The SMILES string of the molecule is COC(=O)NC(Cc1ccccc1)C(=O)NC(CC(C)C)C(=O)O. The van der Waals surface area contributed by atoms with Crippen LogP contribution in [0.4, 0.5) is 4.79 Å². The summed E-state index contributed by atoms with van der Waals surface area (Å²) < 4.78 is 4.54. The predicted octanol–water partition coefficient (Wildman–Crippen LogP) is 1.57. The van der Waals surface area contributed by atoms with Crippen molar-refractivity contribution in [3.05, 3.63) is 35.9 Å². The van der Waals surface area contributed by atoms with Crippen LogP contribution in [0.2, 0.25) is 0 Å². The Kier molecular flexibility index (Phi) is 7.74. The highest BCUT2D eigenvalue weighted by molar-refractivity contribution is 5.89. The van der Waals surface area contributed by atoms with Crippen LogP contribution in [0.5, 0.6) is 0 Å². The van der Waals surface area contributed by atoms with Gasteiger partial charge in [-0.2, -0.15) is 0 Å². The molecule has 7 heteroatoms. The molecule has 2 unspecified atom stereocenters. The smallest absolute Gasteiger partial charge is 0.407 e. The first-order valence-electron chi connectivity index (χ1n) is 7.75. The number of hydrogen-bond donors (Lipinski definition) is 3. The molecule has 1 aromatic rings. The Balaban J connectivity index is 2.85. The van der Waals surface area contributed by atoms with Crippen molar-refractivity contribution in [3.8, 4) is 0 Å². The Morgan fingerprint density at radius 1 is 1.08 bits per heavy atom. The second-order valence-corrected chi connectivity index (χ2v) is 5.91. The monoisotopic (exact) mass is 336 g/mol. The van der Waals surface area contributed by atoms with Gasteiger partial charge in [0.15, 0.2) is 0 Å². The zero-order valence-electron chi connectivity index (χ0n) is 14.1. The van der Waals surface area contributed by atoms with Crippen molar-refractivity contribution in [2.45, 2.75) is 38.8 Å². The summed E-state index contributed by atoms with van der Waals surface area (Å²) in [6.45, 7) is 3.74. The predicted molar refractivity (Wildman–Crippen MR) is 88.5 cm³/mol. The van der Waals surface area contributed by atoms with Crippen molar-refractivity contribution < 1.29 is 24.2 Å². The first-order valence-corrected chi connectivity index (χ1v) is 7.75. The van der Waals surface area contributed by atoms with Gasteiger partial charge < -0.3 is 20.5 Å². The van der Waals surface area contributed by atoms with Crippen LogP contribution in [0.15, 0.2) is 30.3 Å². The number of carbonyl (C=O) groups is 3. The number of ether oxygens (including phenoxy) is 1. The highest BCUT2D eigenvalue weighted by atomic mass is 16.5. The van der Waals surface area contributed by atoms with Crippen molar-refractivity contribution in [1.29, 1.82) is 0 Å². The van der Waals surface area contributed by atoms with Crippen LogP contribution in [0, 0.1) is 5.92 Å². The van der Waals surface area contributed by atoms with Crippen molar-refractivity contribution in [2.75, 3.05) is 7.11 Å². The summed E-state index contributed by atoms with van der Waals surface area (Å²) >= 11 is 0. The summed E-state index contributed by atoms with van der Waals surface area (Å²) in [5.41, 5.74) is 0.838. The number of rotatable bonds is 8. The standard InChI is InChI=1S/C17H24N2O5/c1-11(2)9-14(16(21)22)18-15(20)13(19-17(23)24-3)10-12-7-5-4-6-8-12/h4-8,11,13-14H,9-10H2,1-3H3,(H,18,20)(H,19,23)(H,21,22). The third-order valence-electron chi connectivity index (χ3n) is 3.40. The Morgan fingerprint density at radius 2 is 1.71 bits per heavy atom. The van der Waals surface area contributed by atoms with Crippen molar-refractivity contribution in [3.63, 3.8) is 0 Å². The molecule has 0 aliphatic carbocycles. The Bertz CT molecular complexity index is 559. The molecule has 0 radical (unpaired) electrons. The van der Waals surface area contributed by atoms with Gasteiger partial charge >= 0.3 is 12.1 Å². The lowest BCUT2D eigenvalue weighted by Crippen LogP contribution is -2.52. The highest BCUT2D eigenvalue weighted by Gasteiger charge is 2.27. The number of aliphatic carboxylic acids is 1. The van der Waals surface area contributed by atoms with Crippen LogP contribution < -0.4 is 10.6 Å². The van der Waals surface area contributed by atoms with E-state index in [0.717, 1.165) is 5.56 Å². The molecule has 132 valence electrons. The second kappa shape index (κ2) is 9.54. The summed E-state index contributed by atoms with van der Waals surface area (Å²) in [4.78, 5) is 35.2. The molecule has 0 bridgehead atoms. The molecule has 0 fully saturated rings.